The summed E-state index contributed by atoms with van der Waals surface area (Å²) in [6.45, 7) is 0. The van der Waals surface area contributed by atoms with Crippen molar-refractivity contribution in [2.45, 2.75) is 37.9 Å². The lowest BCUT2D eigenvalue weighted by Crippen LogP contribution is -2.34. The number of aromatic nitrogens is 1. The average Bonchev–Trinajstić information content (AvgIpc) is 3.30. The van der Waals surface area contributed by atoms with E-state index in [2.05, 4.69) is 15.1 Å². The van der Waals surface area contributed by atoms with Gasteiger partial charge in [0.2, 0.25) is 5.13 Å². The van der Waals surface area contributed by atoms with Gasteiger partial charge in [0.15, 0.2) is 5.71 Å². The molecule has 0 spiro atoms. The molecular weight excluding hydrogens is 365 g/mol. The molecule has 1 unspecified atom stereocenters. The molecule has 0 saturated heterocycles. The van der Waals surface area contributed by atoms with Crippen molar-refractivity contribution >= 4 is 44.5 Å². The molecule has 1 fully saturated rings. The molecule has 1 aromatic heterocycles. The molecule has 9 heteroatoms. The van der Waals surface area contributed by atoms with E-state index in [1.54, 1.807) is 24.3 Å². The Labute approximate surface area is 151 Å². The van der Waals surface area contributed by atoms with Crippen molar-refractivity contribution < 1.29 is 18.0 Å². The zero-order valence-electron chi connectivity index (χ0n) is 13.6. The first-order valence-electron chi connectivity index (χ1n) is 8.32. The second kappa shape index (κ2) is 6.46. The largest absolute Gasteiger partial charge is 0.432 e. The van der Waals surface area contributed by atoms with Crippen LogP contribution in [0.3, 0.4) is 0 Å². The van der Waals surface area contributed by atoms with Crippen LogP contribution in [-0.4, -0.2) is 35.0 Å². The molecule has 1 atom stereocenters. The monoisotopic (exact) mass is 380 g/mol. The van der Waals surface area contributed by atoms with Gasteiger partial charge >= 0.3 is 6.18 Å². The molecule has 0 bridgehead atoms. The Morgan fingerprint density at radius 2 is 1.96 bits per heavy atom. The molecule has 136 valence electrons. The SMILES string of the molecule is O=C1C(C=NC2CCCC2)C(C(F)(F)F)=NN1c1nc2ccccc2s1. The number of anilines is 1. The number of para-hydroxylation sites is 1. The summed E-state index contributed by atoms with van der Waals surface area (Å²) >= 11 is 1.13. The quantitative estimate of drug-likeness (QED) is 0.750. The van der Waals surface area contributed by atoms with E-state index < -0.39 is 23.7 Å². The van der Waals surface area contributed by atoms with Crippen molar-refractivity contribution in [1.82, 2.24) is 4.98 Å². The van der Waals surface area contributed by atoms with Crippen LogP contribution in [0.1, 0.15) is 25.7 Å². The second-order valence-electron chi connectivity index (χ2n) is 6.31. The van der Waals surface area contributed by atoms with Crippen LogP contribution in [0.5, 0.6) is 0 Å². The number of benzene rings is 1. The molecule has 0 N–H and O–H groups in total. The summed E-state index contributed by atoms with van der Waals surface area (Å²) < 4.78 is 40.9. The molecule has 2 aliphatic rings. The molecule has 4 rings (SSSR count). The van der Waals surface area contributed by atoms with Crippen LogP contribution < -0.4 is 5.01 Å². The fourth-order valence-corrected chi connectivity index (χ4v) is 4.11. The lowest BCUT2D eigenvalue weighted by atomic mass is 10.0. The highest BCUT2D eigenvalue weighted by Gasteiger charge is 2.50. The molecule has 1 aliphatic heterocycles. The molecule has 1 aliphatic carbocycles. The van der Waals surface area contributed by atoms with E-state index in [0.717, 1.165) is 52.9 Å². The number of amides is 1. The maximum atomic E-state index is 13.4. The van der Waals surface area contributed by atoms with Crippen LogP contribution in [0.2, 0.25) is 0 Å². The van der Waals surface area contributed by atoms with Gasteiger partial charge in [0.05, 0.1) is 10.2 Å². The smallest absolute Gasteiger partial charge is 0.293 e. The second-order valence-corrected chi connectivity index (χ2v) is 7.32. The summed E-state index contributed by atoms with van der Waals surface area (Å²) in [5.74, 6) is -2.28. The van der Waals surface area contributed by atoms with Crippen molar-refractivity contribution in [2.24, 2.45) is 16.0 Å². The molecule has 1 amide bonds. The predicted octanol–water partition coefficient (Wildman–Crippen LogP) is 4.19. The number of alkyl halides is 3. The maximum absolute atomic E-state index is 13.4. The van der Waals surface area contributed by atoms with E-state index in [0.29, 0.717) is 5.52 Å². The number of hydrogen-bond donors (Lipinski definition) is 0. The number of carbonyl (C=O) groups is 1. The Morgan fingerprint density at radius 1 is 1.23 bits per heavy atom. The summed E-state index contributed by atoms with van der Waals surface area (Å²) in [4.78, 5) is 21.1. The van der Waals surface area contributed by atoms with Crippen molar-refractivity contribution in [3.63, 3.8) is 0 Å². The predicted molar refractivity (Wildman–Crippen MR) is 94.8 cm³/mol. The Kier molecular flexibility index (Phi) is 4.26. The van der Waals surface area contributed by atoms with Gasteiger partial charge in [-0.3, -0.25) is 9.79 Å². The van der Waals surface area contributed by atoms with E-state index in [1.807, 2.05) is 0 Å². The normalized spacial score (nSPS) is 22.1. The van der Waals surface area contributed by atoms with Gasteiger partial charge in [-0.2, -0.15) is 23.3 Å². The molecule has 2 aromatic rings. The zero-order valence-corrected chi connectivity index (χ0v) is 14.4. The highest BCUT2D eigenvalue weighted by Crippen LogP contribution is 2.35. The maximum Gasteiger partial charge on any atom is 0.432 e. The molecule has 0 radical (unpaired) electrons. The van der Waals surface area contributed by atoms with Crippen LogP contribution in [0.25, 0.3) is 10.2 Å². The van der Waals surface area contributed by atoms with Crippen molar-refractivity contribution in [1.29, 1.82) is 0 Å². The van der Waals surface area contributed by atoms with Gasteiger partial charge in [-0.1, -0.05) is 36.3 Å². The summed E-state index contributed by atoms with van der Waals surface area (Å²) in [5, 5.41) is 4.46. The lowest BCUT2D eigenvalue weighted by molar-refractivity contribution is -0.119. The number of hydrogen-bond acceptors (Lipinski definition) is 5. The van der Waals surface area contributed by atoms with Crippen LogP contribution in [0.15, 0.2) is 34.4 Å². The Balaban J connectivity index is 1.67. The zero-order chi connectivity index (χ0) is 18.3. The average molecular weight is 380 g/mol. The third-order valence-corrected chi connectivity index (χ3v) is 5.51. The number of carbonyl (C=O) groups excluding carboxylic acids is 1. The fraction of sp³-hybridized carbons (Fsp3) is 0.412. The molecular formula is C17H15F3N4OS. The molecule has 5 nitrogen and oxygen atoms in total. The van der Waals surface area contributed by atoms with Crippen LogP contribution in [0.4, 0.5) is 18.3 Å². The molecule has 1 saturated carbocycles. The van der Waals surface area contributed by atoms with Crippen molar-refractivity contribution in [3.8, 4) is 0 Å². The first-order valence-corrected chi connectivity index (χ1v) is 9.13. The molecule has 1 aromatic carbocycles. The van der Waals surface area contributed by atoms with Gasteiger partial charge in [0.25, 0.3) is 5.91 Å². The summed E-state index contributed by atoms with van der Waals surface area (Å²) in [6, 6.07) is 7.11. The molecule has 2 heterocycles. The van der Waals surface area contributed by atoms with Gasteiger partial charge in [-0.25, -0.2) is 4.98 Å². The Morgan fingerprint density at radius 3 is 2.65 bits per heavy atom. The highest BCUT2D eigenvalue weighted by atomic mass is 32.1. The number of rotatable bonds is 3. The number of nitrogens with zero attached hydrogens (tertiary/aromatic N) is 4. The van der Waals surface area contributed by atoms with E-state index in [4.69, 9.17) is 0 Å². The standard InChI is InChI=1S/C17H15F3N4OS/c18-17(19,20)14-11(9-21-10-5-1-2-6-10)15(25)24(23-14)16-22-12-7-3-4-8-13(12)26-16/h3-4,7-11H,1-2,5-6H2. The van der Waals surface area contributed by atoms with Gasteiger partial charge in [-0.15, -0.1) is 0 Å². The minimum Gasteiger partial charge on any atom is -0.293 e. The number of aliphatic imine (C=N–C) groups is 1. The first kappa shape index (κ1) is 17.1. The third-order valence-electron chi connectivity index (χ3n) is 4.50. The minimum atomic E-state index is -4.70. The van der Waals surface area contributed by atoms with E-state index >= 15 is 0 Å². The van der Waals surface area contributed by atoms with E-state index in [1.165, 1.54) is 0 Å². The van der Waals surface area contributed by atoms with Gasteiger partial charge in [0.1, 0.15) is 5.92 Å². The van der Waals surface area contributed by atoms with Gasteiger partial charge in [0, 0.05) is 12.3 Å². The Bertz CT molecular complexity index is 866. The minimum absolute atomic E-state index is 0.00576. The third kappa shape index (κ3) is 3.11. The molecule has 26 heavy (non-hydrogen) atoms. The number of fused-ring (bicyclic) bond motifs is 1. The number of halogens is 3. The van der Waals surface area contributed by atoms with Crippen LogP contribution >= 0.6 is 11.3 Å². The van der Waals surface area contributed by atoms with Gasteiger partial charge in [-0.05, 0) is 25.0 Å². The number of hydrazone groups is 1. The lowest BCUT2D eigenvalue weighted by Gasteiger charge is -2.10. The highest BCUT2D eigenvalue weighted by molar-refractivity contribution is 7.22. The van der Waals surface area contributed by atoms with Crippen LogP contribution in [0, 0.1) is 5.92 Å². The van der Waals surface area contributed by atoms with Gasteiger partial charge < -0.3 is 0 Å². The van der Waals surface area contributed by atoms with E-state index in [9.17, 15) is 18.0 Å². The fourth-order valence-electron chi connectivity index (χ4n) is 3.18. The Hall–Kier alpha value is -2.29. The first-order chi connectivity index (χ1) is 12.4. The topological polar surface area (TPSA) is 57.9 Å². The number of thiazole rings is 1. The van der Waals surface area contributed by atoms with Crippen molar-refractivity contribution in [3.05, 3.63) is 24.3 Å². The van der Waals surface area contributed by atoms with E-state index in [-0.39, 0.29) is 11.2 Å². The summed E-state index contributed by atoms with van der Waals surface area (Å²) in [5.41, 5.74) is -0.518. The van der Waals surface area contributed by atoms with Crippen LogP contribution in [-0.2, 0) is 4.79 Å². The summed E-state index contributed by atoms with van der Waals surface area (Å²) in [7, 11) is 0. The van der Waals surface area contributed by atoms with Crippen molar-refractivity contribution in [2.75, 3.05) is 5.01 Å². The summed E-state index contributed by atoms with van der Waals surface area (Å²) in [6.07, 6.45) is 0.137.